The van der Waals surface area contributed by atoms with Crippen molar-refractivity contribution < 1.29 is 14.2 Å². The third-order valence-corrected chi connectivity index (χ3v) is 5.81. The van der Waals surface area contributed by atoms with Crippen LogP contribution >= 0.6 is 24.0 Å². The van der Waals surface area contributed by atoms with Crippen molar-refractivity contribution in [3.05, 3.63) is 53.1 Å². The third kappa shape index (κ3) is 7.96. The molecule has 7 nitrogen and oxygen atoms in total. The molecule has 1 aliphatic heterocycles. The second-order valence-corrected chi connectivity index (χ2v) is 7.94. The second-order valence-electron chi connectivity index (χ2n) is 7.94. The molecule has 2 N–H and O–H groups in total. The number of rotatable bonds is 9. The van der Waals surface area contributed by atoms with E-state index in [1.807, 2.05) is 12.1 Å². The predicted molar refractivity (Wildman–Crippen MR) is 144 cm³/mol. The number of aliphatic imine (C=N–C) groups is 1. The van der Waals surface area contributed by atoms with Gasteiger partial charge in [-0.1, -0.05) is 30.7 Å². The van der Waals surface area contributed by atoms with Gasteiger partial charge in [-0.2, -0.15) is 0 Å². The van der Waals surface area contributed by atoms with Crippen molar-refractivity contribution in [2.45, 2.75) is 38.9 Å². The Balaban J connectivity index is 0.00000385. The lowest BCUT2D eigenvalue weighted by Gasteiger charge is -2.26. The van der Waals surface area contributed by atoms with Crippen LogP contribution in [0.5, 0.6) is 17.2 Å². The molecule has 0 saturated carbocycles. The maximum atomic E-state index is 5.53. The number of hydrogen-bond acceptors (Lipinski definition) is 5. The van der Waals surface area contributed by atoms with E-state index in [1.54, 1.807) is 28.4 Å². The van der Waals surface area contributed by atoms with Crippen LogP contribution in [0.25, 0.3) is 0 Å². The van der Waals surface area contributed by atoms with Crippen LogP contribution in [0, 0.1) is 0 Å². The van der Waals surface area contributed by atoms with Crippen LogP contribution in [0.1, 0.15) is 36.0 Å². The molecule has 1 fully saturated rings. The summed E-state index contributed by atoms with van der Waals surface area (Å²) in [6.45, 7) is 4.68. The summed E-state index contributed by atoms with van der Waals surface area (Å²) in [6.07, 6.45) is 4.01. The van der Waals surface area contributed by atoms with E-state index in [-0.39, 0.29) is 24.0 Å². The van der Waals surface area contributed by atoms with Crippen LogP contribution in [0.4, 0.5) is 0 Å². The fraction of sp³-hybridized carbons (Fsp3) is 0.480. The van der Waals surface area contributed by atoms with E-state index >= 15 is 0 Å². The van der Waals surface area contributed by atoms with Gasteiger partial charge in [-0.25, -0.2) is 0 Å². The van der Waals surface area contributed by atoms with Gasteiger partial charge in [0.05, 0.1) is 33.4 Å². The maximum absolute atomic E-state index is 5.53. The molecule has 182 valence electrons. The summed E-state index contributed by atoms with van der Waals surface area (Å²) in [6, 6.07) is 12.5. The SMILES string of the molecule is CN=C(NCc1ccc(CN2CCCCC2)cc1)NCc1c(OC)cc(OC)cc1OC.I. The summed E-state index contributed by atoms with van der Waals surface area (Å²) in [5.74, 6) is 2.80. The minimum absolute atomic E-state index is 0. The van der Waals surface area contributed by atoms with Crippen LogP contribution in [0.2, 0.25) is 0 Å². The summed E-state index contributed by atoms with van der Waals surface area (Å²) in [7, 11) is 6.66. The zero-order valence-corrected chi connectivity index (χ0v) is 22.5. The summed E-state index contributed by atoms with van der Waals surface area (Å²) in [5.41, 5.74) is 3.49. The minimum atomic E-state index is 0. The quantitative estimate of drug-likeness (QED) is 0.269. The lowest BCUT2D eigenvalue weighted by Crippen LogP contribution is -2.36. The van der Waals surface area contributed by atoms with E-state index in [4.69, 9.17) is 14.2 Å². The van der Waals surface area contributed by atoms with E-state index in [9.17, 15) is 0 Å². The predicted octanol–water partition coefficient (Wildman–Crippen LogP) is 4.18. The number of likely N-dealkylation sites (tertiary alicyclic amines) is 1. The fourth-order valence-electron chi connectivity index (χ4n) is 3.97. The van der Waals surface area contributed by atoms with Crippen LogP contribution in [-0.2, 0) is 19.6 Å². The lowest BCUT2D eigenvalue weighted by molar-refractivity contribution is 0.221. The molecule has 0 bridgehead atoms. The Bertz CT molecular complexity index is 859. The topological polar surface area (TPSA) is 67.4 Å². The van der Waals surface area contributed by atoms with Gasteiger partial charge in [-0.3, -0.25) is 9.89 Å². The molecule has 8 heteroatoms. The highest BCUT2D eigenvalue weighted by Crippen LogP contribution is 2.33. The molecule has 3 rings (SSSR count). The Morgan fingerprint density at radius 3 is 1.97 bits per heavy atom. The molecule has 2 aromatic carbocycles. The summed E-state index contributed by atoms with van der Waals surface area (Å²) in [5, 5.41) is 6.72. The Morgan fingerprint density at radius 2 is 1.42 bits per heavy atom. The molecule has 0 aliphatic carbocycles. The zero-order valence-electron chi connectivity index (χ0n) is 20.1. The molecule has 0 radical (unpaired) electrons. The average molecular weight is 569 g/mol. The van der Waals surface area contributed by atoms with Gasteiger partial charge in [0.1, 0.15) is 17.2 Å². The number of halogens is 1. The van der Waals surface area contributed by atoms with Crippen molar-refractivity contribution in [3.8, 4) is 17.2 Å². The maximum Gasteiger partial charge on any atom is 0.191 e. The first-order valence-corrected chi connectivity index (χ1v) is 11.2. The standard InChI is InChI=1S/C25H36N4O3.HI/c1-26-25(28-17-22-23(31-3)14-21(30-2)15-24(22)32-4)27-16-19-8-10-20(11-9-19)18-29-12-6-5-7-13-29;/h8-11,14-15H,5-7,12-13,16-18H2,1-4H3,(H2,26,27,28);1H. The average Bonchev–Trinajstić information content (AvgIpc) is 2.85. The molecule has 2 aromatic rings. The number of ether oxygens (including phenoxy) is 3. The number of piperidine rings is 1. The lowest BCUT2D eigenvalue weighted by atomic mass is 10.1. The van der Waals surface area contributed by atoms with Crippen molar-refractivity contribution in [1.82, 2.24) is 15.5 Å². The number of nitrogens with zero attached hydrogens (tertiary/aromatic N) is 2. The summed E-state index contributed by atoms with van der Waals surface area (Å²) >= 11 is 0. The molecule has 33 heavy (non-hydrogen) atoms. The van der Waals surface area contributed by atoms with Crippen LogP contribution in [-0.4, -0.2) is 52.3 Å². The van der Waals surface area contributed by atoms with Crippen molar-refractivity contribution in [1.29, 1.82) is 0 Å². The fourth-order valence-corrected chi connectivity index (χ4v) is 3.97. The summed E-state index contributed by atoms with van der Waals surface area (Å²) < 4.78 is 16.4. The molecule has 1 aliphatic rings. The van der Waals surface area contributed by atoms with Gasteiger partial charge in [-0.05, 0) is 37.1 Å². The van der Waals surface area contributed by atoms with Gasteiger partial charge in [-0.15, -0.1) is 24.0 Å². The Kier molecular flexibility index (Phi) is 11.6. The largest absolute Gasteiger partial charge is 0.496 e. The van der Waals surface area contributed by atoms with Gasteiger partial charge in [0.15, 0.2) is 5.96 Å². The normalized spacial score (nSPS) is 14.2. The number of guanidine groups is 1. The Morgan fingerprint density at radius 1 is 0.848 bits per heavy atom. The van der Waals surface area contributed by atoms with Gasteiger partial charge in [0.25, 0.3) is 0 Å². The van der Waals surface area contributed by atoms with E-state index in [2.05, 4.69) is 44.8 Å². The Hall–Kier alpha value is -2.20. The van der Waals surface area contributed by atoms with Crippen LogP contribution < -0.4 is 24.8 Å². The molecule has 0 amide bonds. The van der Waals surface area contributed by atoms with Crippen molar-refractivity contribution in [3.63, 3.8) is 0 Å². The first-order chi connectivity index (χ1) is 15.7. The monoisotopic (exact) mass is 568 g/mol. The second kappa shape index (κ2) is 14.1. The van der Waals surface area contributed by atoms with Crippen LogP contribution in [0.15, 0.2) is 41.4 Å². The first kappa shape index (κ1) is 27.0. The Labute approximate surface area is 214 Å². The third-order valence-electron chi connectivity index (χ3n) is 5.81. The molecule has 0 aromatic heterocycles. The van der Waals surface area contributed by atoms with E-state index in [0.29, 0.717) is 36.3 Å². The highest BCUT2D eigenvalue weighted by atomic mass is 127. The minimum Gasteiger partial charge on any atom is -0.496 e. The molecule has 0 atom stereocenters. The van der Waals surface area contributed by atoms with Crippen molar-refractivity contribution >= 4 is 29.9 Å². The molecular weight excluding hydrogens is 531 g/mol. The molecule has 0 unspecified atom stereocenters. The van der Waals surface area contributed by atoms with Crippen molar-refractivity contribution in [2.75, 3.05) is 41.5 Å². The van der Waals surface area contributed by atoms with E-state index < -0.39 is 0 Å². The zero-order chi connectivity index (χ0) is 22.8. The van der Waals surface area contributed by atoms with Crippen molar-refractivity contribution in [2.24, 2.45) is 4.99 Å². The number of methoxy groups -OCH3 is 3. The first-order valence-electron chi connectivity index (χ1n) is 11.2. The number of hydrogen-bond donors (Lipinski definition) is 2. The molecule has 0 spiro atoms. The number of nitrogens with one attached hydrogen (secondary N) is 2. The summed E-state index contributed by atoms with van der Waals surface area (Å²) in [4.78, 5) is 6.89. The highest BCUT2D eigenvalue weighted by molar-refractivity contribution is 14.0. The van der Waals surface area contributed by atoms with Gasteiger partial charge in [0.2, 0.25) is 0 Å². The molecular formula is C25H37IN4O3. The molecule has 1 saturated heterocycles. The van der Waals surface area contributed by atoms with E-state index in [0.717, 1.165) is 12.1 Å². The van der Waals surface area contributed by atoms with Gasteiger partial charge in [0, 0.05) is 32.3 Å². The smallest absolute Gasteiger partial charge is 0.191 e. The number of benzene rings is 2. The van der Waals surface area contributed by atoms with Crippen LogP contribution in [0.3, 0.4) is 0 Å². The van der Waals surface area contributed by atoms with Gasteiger partial charge < -0.3 is 24.8 Å². The van der Waals surface area contributed by atoms with Gasteiger partial charge >= 0.3 is 0 Å². The van der Waals surface area contributed by atoms with E-state index in [1.165, 1.54) is 43.5 Å². The molecule has 1 heterocycles. The highest BCUT2D eigenvalue weighted by Gasteiger charge is 2.14.